The Kier molecular flexibility index (Phi) is 6.54. The van der Waals surface area contributed by atoms with Crippen molar-refractivity contribution < 1.29 is 18.7 Å². The fourth-order valence-electron chi connectivity index (χ4n) is 4.37. The number of ether oxygens (including phenoxy) is 1. The van der Waals surface area contributed by atoms with Crippen LogP contribution in [0.1, 0.15) is 31.8 Å². The van der Waals surface area contributed by atoms with Gasteiger partial charge in [-0.15, -0.1) is 11.3 Å². The van der Waals surface area contributed by atoms with Crippen LogP contribution in [0.5, 0.6) is 0 Å². The molecule has 0 saturated carbocycles. The van der Waals surface area contributed by atoms with E-state index < -0.39 is 5.97 Å². The van der Waals surface area contributed by atoms with Crippen molar-refractivity contribution in [1.82, 2.24) is 4.98 Å². The molecule has 0 aliphatic heterocycles. The van der Waals surface area contributed by atoms with Crippen LogP contribution in [0, 0.1) is 19.7 Å². The van der Waals surface area contributed by atoms with Gasteiger partial charge in [0.2, 0.25) is 0 Å². The summed E-state index contributed by atoms with van der Waals surface area (Å²) in [7, 11) is 1.28. The third-order valence-corrected chi connectivity index (χ3v) is 7.08. The van der Waals surface area contributed by atoms with Gasteiger partial charge in [0.25, 0.3) is 5.91 Å². The number of rotatable bonds is 5. The van der Waals surface area contributed by atoms with Crippen LogP contribution in [0.15, 0.2) is 78.2 Å². The number of para-hydroxylation sites is 1. The quantitative estimate of drug-likeness (QED) is 0.250. The lowest BCUT2D eigenvalue weighted by molar-refractivity contribution is 0.0603. The van der Waals surface area contributed by atoms with Gasteiger partial charge in [0.15, 0.2) is 0 Å². The van der Waals surface area contributed by atoms with Gasteiger partial charge in [-0.25, -0.2) is 14.2 Å². The first-order valence-electron chi connectivity index (χ1n) is 11.6. The Morgan fingerprint density at radius 2 is 1.70 bits per heavy atom. The second kappa shape index (κ2) is 9.95. The number of methoxy groups -OCH3 is 1. The third-order valence-electron chi connectivity index (χ3n) is 6.18. The summed E-state index contributed by atoms with van der Waals surface area (Å²) < 4.78 is 18.5. The number of thiophene rings is 1. The summed E-state index contributed by atoms with van der Waals surface area (Å²) in [4.78, 5) is 31.2. The second-order valence-electron chi connectivity index (χ2n) is 8.70. The molecule has 5 rings (SSSR count). The molecule has 0 radical (unpaired) electrons. The maximum absolute atomic E-state index is 13.7. The van der Waals surface area contributed by atoms with Crippen LogP contribution in [0.2, 0.25) is 0 Å². The number of fused-ring (bicyclic) bond motifs is 1. The van der Waals surface area contributed by atoms with Crippen LogP contribution in [-0.2, 0) is 4.74 Å². The standard InChI is InChI=1S/C30H23FN2O3S/c1-17-8-13-21(18(2)14-17)26-15-23(22-6-4-5-7-25(22)32-26)28(34)33-29-27(30(35)36-3)24(16-37-29)19-9-11-20(31)12-10-19/h4-16H,1-3H3,(H,33,34). The van der Waals surface area contributed by atoms with Crippen molar-refractivity contribution in [2.24, 2.45) is 0 Å². The summed E-state index contributed by atoms with van der Waals surface area (Å²) in [6.45, 7) is 4.05. The van der Waals surface area contributed by atoms with Crippen LogP contribution < -0.4 is 5.32 Å². The minimum atomic E-state index is -0.591. The highest BCUT2D eigenvalue weighted by Crippen LogP contribution is 2.37. The SMILES string of the molecule is COC(=O)c1c(-c2ccc(F)cc2)csc1NC(=O)c1cc(-c2ccc(C)cc2C)nc2ccccc12. The maximum atomic E-state index is 13.7. The summed E-state index contributed by atoms with van der Waals surface area (Å²) in [5.41, 5.74) is 6.38. The number of pyridine rings is 1. The van der Waals surface area contributed by atoms with Crippen LogP contribution in [-0.4, -0.2) is 24.0 Å². The molecular formula is C30H23FN2O3S. The van der Waals surface area contributed by atoms with Gasteiger partial charge >= 0.3 is 5.97 Å². The minimum Gasteiger partial charge on any atom is -0.465 e. The lowest BCUT2D eigenvalue weighted by atomic mass is 9.99. The molecule has 5 nitrogen and oxygen atoms in total. The molecule has 37 heavy (non-hydrogen) atoms. The lowest BCUT2D eigenvalue weighted by Crippen LogP contribution is -2.15. The summed E-state index contributed by atoms with van der Waals surface area (Å²) in [5, 5.41) is 5.72. The molecule has 1 N–H and O–H groups in total. The molecule has 0 atom stereocenters. The van der Waals surface area contributed by atoms with Crippen molar-refractivity contribution in [3.8, 4) is 22.4 Å². The molecule has 3 aromatic carbocycles. The van der Waals surface area contributed by atoms with Gasteiger partial charge in [-0.3, -0.25) is 4.79 Å². The zero-order chi connectivity index (χ0) is 26.1. The number of nitrogens with zero attached hydrogens (tertiary/aromatic N) is 1. The highest BCUT2D eigenvalue weighted by atomic mass is 32.1. The molecular weight excluding hydrogens is 487 g/mol. The Bertz CT molecular complexity index is 1660. The first kappa shape index (κ1) is 24.3. The first-order valence-corrected chi connectivity index (χ1v) is 12.5. The molecule has 2 heterocycles. The number of anilines is 1. The Labute approximate surface area is 217 Å². The van der Waals surface area contributed by atoms with Crippen molar-refractivity contribution >= 4 is 39.1 Å². The highest BCUT2D eigenvalue weighted by Gasteiger charge is 2.24. The summed E-state index contributed by atoms with van der Waals surface area (Å²) >= 11 is 1.21. The fourth-order valence-corrected chi connectivity index (χ4v) is 5.32. The predicted molar refractivity (Wildman–Crippen MR) is 146 cm³/mol. The zero-order valence-corrected chi connectivity index (χ0v) is 21.3. The number of benzene rings is 3. The normalized spacial score (nSPS) is 10.9. The monoisotopic (exact) mass is 510 g/mol. The summed E-state index contributed by atoms with van der Waals surface area (Å²) in [6, 6.07) is 21.2. The van der Waals surface area contributed by atoms with Crippen molar-refractivity contribution in [2.45, 2.75) is 13.8 Å². The number of carbonyl (C=O) groups excluding carboxylic acids is 2. The fraction of sp³-hybridized carbons (Fsp3) is 0.100. The van der Waals surface area contributed by atoms with Crippen LogP contribution >= 0.6 is 11.3 Å². The van der Waals surface area contributed by atoms with Gasteiger partial charge in [-0.2, -0.15) is 0 Å². The Morgan fingerprint density at radius 1 is 0.946 bits per heavy atom. The predicted octanol–water partition coefficient (Wildman–Crippen LogP) is 7.43. The van der Waals surface area contributed by atoms with Crippen molar-refractivity contribution in [3.05, 3.63) is 106 Å². The topological polar surface area (TPSA) is 68.3 Å². The molecule has 1 amide bonds. The Balaban J connectivity index is 1.59. The molecule has 184 valence electrons. The summed E-state index contributed by atoms with van der Waals surface area (Å²) in [5.74, 6) is -1.34. The number of hydrogen-bond donors (Lipinski definition) is 1. The van der Waals surface area contributed by atoms with Crippen molar-refractivity contribution in [3.63, 3.8) is 0 Å². The molecule has 0 unspecified atom stereocenters. The van der Waals surface area contributed by atoms with E-state index in [0.717, 1.165) is 16.7 Å². The smallest absolute Gasteiger partial charge is 0.341 e. The maximum Gasteiger partial charge on any atom is 0.341 e. The molecule has 0 aliphatic rings. The molecule has 0 bridgehead atoms. The van der Waals surface area contributed by atoms with Gasteiger partial charge < -0.3 is 10.1 Å². The van der Waals surface area contributed by atoms with Gasteiger partial charge in [-0.05, 0) is 49.2 Å². The summed E-state index contributed by atoms with van der Waals surface area (Å²) in [6.07, 6.45) is 0. The number of amides is 1. The van der Waals surface area contributed by atoms with E-state index in [2.05, 4.69) is 11.4 Å². The number of nitrogens with one attached hydrogen (secondary N) is 1. The minimum absolute atomic E-state index is 0.223. The molecule has 2 aromatic heterocycles. The van der Waals surface area contributed by atoms with E-state index in [9.17, 15) is 14.0 Å². The number of carbonyl (C=O) groups is 2. The number of aromatic nitrogens is 1. The first-order chi connectivity index (χ1) is 17.9. The van der Waals surface area contributed by atoms with Crippen molar-refractivity contribution in [1.29, 1.82) is 0 Å². The number of esters is 1. The molecule has 0 fully saturated rings. The van der Waals surface area contributed by atoms with Gasteiger partial charge in [0, 0.05) is 21.9 Å². The van der Waals surface area contributed by atoms with Gasteiger partial charge in [-0.1, -0.05) is 54.1 Å². The molecule has 0 aliphatic carbocycles. The van der Waals surface area contributed by atoms with E-state index >= 15 is 0 Å². The van der Waals surface area contributed by atoms with E-state index in [-0.39, 0.29) is 17.3 Å². The largest absolute Gasteiger partial charge is 0.465 e. The van der Waals surface area contributed by atoms with E-state index in [0.29, 0.717) is 38.3 Å². The molecule has 0 spiro atoms. The number of aryl methyl sites for hydroxylation is 2. The van der Waals surface area contributed by atoms with Gasteiger partial charge in [0.05, 0.1) is 23.9 Å². The molecule has 0 saturated heterocycles. The average molecular weight is 511 g/mol. The zero-order valence-electron chi connectivity index (χ0n) is 20.5. The average Bonchev–Trinajstić information content (AvgIpc) is 3.31. The van der Waals surface area contributed by atoms with Crippen LogP contribution in [0.25, 0.3) is 33.3 Å². The van der Waals surface area contributed by atoms with E-state index in [1.165, 1.54) is 30.6 Å². The second-order valence-corrected chi connectivity index (χ2v) is 9.58. The molecule has 7 heteroatoms. The van der Waals surface area contributed by atoms with Gasteiger partial charge in [0.1, 0.15) is 16.4 Å². The highest BCUT2D eigenvalue weighted by molar-refractivity contribution is 7.15. The van der Waals surface area contributed by atoms with E-state index in [1.54, 1.807) is 23.6 Å². The Hall–Kier alpha value is -4.36. The Morgan fingerprint density at radius 3 is 2.43 bits per heavy atom. The number of hydrogen-bond acceptors (Lipinski definition) is 5. The lowest BCUT2D eigenvalue weighted by Gasteiger charge is -2.13. The number of halogens is 1. The third kappa shape index (κ3) is 4.73. The van der Waals surface area contributed by atoms with Crippen LogP contribution in [0.3, 0.4) is 0 Å². The van der Waals surface area contributed by atoms with Crippen molar-refractivity contribution in [2.75, 3.05) is 12.4 Å². The van der Waals surface area contributed by atoms with Crippen LogP contribution in [0.4, 0.5) is 9.39 Å². The molecule has 5 aromatic rings. The van der Waals surface area contributed by atoms with E-state index in [4.69, 9.17) is 9.72 Å². The van der Waals surface area contributed by atoms with E-state index in [1.807, 2.05) is 50.2 Å².